The first kappa shape index (κ1) is 18.3. The van der Waals surface area contributed by atoms with E-state index >= 15 is 0 Å². The van der Waals surface area contributed by atoms with Gasteiger partial charge in [0, 0.05) is 24.9 Å². The van der Waals surface area contributed by atoms with E-state index in [1.807, 2.05) is 0 Å². The molecule has 0 saturated heterocycles. The summed E-state index contributed by atoms with van der Waals surface area (Å²) in [5.74, 6) is -1.27. The second-order valence-corrected chi connectivity index (χ2v) is 7.90. The lowest BCUT2D eigenvalue weighted by atomic mass is 10.0. The number of aliphatic carboxylic acids is 1. The van der Waals surface area contributed by atoms with Crippen molar-refractivity contribution in [1.29, 1.82) is 0 Å². The first-order chi connectivity index (χ1) is 12.5. The number of nitrogens with one attached hydrogen (secondary N) is 1. The highest BCUT2D eigenvalue weighted by atomic mass is 32.2. The zero-order chi connectivity index (χ0) is 18.6. The summed E-state index contributed by atoms with van der Waals surface area (Å²) in [6.45, 7) is 0.424. The first-order valence-electron chi connectivity index (χ1n) is 8.34. The van der Waals surface area contributed by atoms with E-state index in [0.29, 0.717) is 18.1 Å². The minimum absolute atomic E-state index is 0.115. The minimum atomic E-state index is -3.80. The van der Waals surface area contributed by atoms with E-state index in [4.69, 9.17) is 4.74 Å². The van der Waals surface area contributed by atoms with Crippen molar-refractivity contribution in [3.8, 4) is 5.75 Å². The number of carboxylic acid groups (broad SMARTS) is 1. The monoisotopic (exact) mass is 376 g/mol. The van der Waals surface area contributed by atoms with Crippen LogP contribution in [0, 0.1) is 5.92 Å². The molecule has 26 heavy (non-hydrogen) atoms. The highest BCUT2D eigenvalue weighted by molar-refractivity contribution is 7.89. The van der Waals surface area contributed by atoms with Crippen molar-refractivity contribution in [3.63, 3.8) is 0 Å². The summed E-state index contributed by atoms with van der Waals surface area (Å²) in [7, 11) is -3.80. The van der Waals surface area contributed by atoms with Crippen LogP contribution in [0.1, 0.15) is 17.7 Å². The molecule has 2 aromatic rings. The normalized spacial score (nSPS) is 14.9. The Morgan fingerprint density at radius 1 is 1.31 bits per heavy atom. The number of carboxylic acids is 1. The summed E-state index contributed by atoms with van der Waals surface area (Å²) in [5.41, 5.74) is 1.45. The number of benzene rings is 1. The predicted molar refractivity (Wildman–Crippen MR) is 94.5 cm³/mol. The molecule has 1 aromatic carbocycles. The Bertz CT molecular complexity index is 884. The van der Waals surface area contributed by atoms with Gasteiger partial charge in [0.25, 0.3) is 0 Å². The van der Waals surface area contributed by atoms with Crippen molar-refractivity contribution in [2.24, 2.45) is 5.92 Å². The van der Waals surface area contributed by atoms with Crippen LogP contribution in [0.25, 0.3) is 0 Å². The standard InChI is InChI=1S/C18H20N2O5S/c21-18(22)14(10-15-5-1-2-8-19-15)12-20-26(23,24)16-6-7-17-13(11-16)4-3-9-25-17/h1-2,5-8,11,14,20H,3-4,9-10,12H2,(H,21,22). The number of ether oxygens (including phenoxy) is 1. The van der Waals surface area contributed by atoms with Gasteiger partial charge in [0.05, 0.1) is 17.4 Å². The third-order valence-corrected chi connectivity index (χ3v) is 5.66. The van der Waals surface area contributed by atoms with Crippen molar-refractivity contribution < 1.29 is 23.1 Å². The number of sulfonamides is 1. The lowest BCUT2D eigenvalue weighted by Gasteiger charge is -2.18. The number of fused-ring (bicyclic) bond motifs is 1. The number of nitrogens with zero attached hydrogens (tertiary/aromatic N) is 1. The zero-order valence-corrected chi connectivity index (χ0v) is 14.9. The van der Waals surface area contributed by atoms with Crippen LogP contribution in [0.4, 0.5) is 0 Å². The summed E-state index contributed by atoms with van der Waals surface area (Å²) in [5, 5.41) is 9.38. The van der Waals surface area contributed by atoms with Crippen LogP contribution in [0.2, 0.25) is 0 Å². The third-order valence-electron chi connectivity index (χ3n) is 4.24. The number of aromatic nitrogens is 1. The molecule has 1 aliphatic heterocycles. The van der Waals surface area contributed by atoms with Gasteiger partial charge in [-0.3, -0.25) is 9.78 Å². The molecule has 2 heterocycles. The van der Waals surface area contributed by atoms with Gasteiger partial charge in [-0.05, 0) is 48.7 Å². The molecule has 0 amide bonds. The summed E-state index contributed by atoms with van der Waals surface area (Å²) in [4.78, 5) is 15.7. The third kappa shape index (κ3) is 4.39. The molecule has 1 atom stereocenters. The molecular formula is C18H20N2O5S. The highest BCUT2D eigenvalue weighted by Gasteiger charge is 2.23. The van der Waals surface area contributed by atoms with E-state index in [9.17, 15) is 18.3 Å². The Morgan fingerprint density at radius 2 is 2.15 bits per heavy atom. The van der Waals surface area contributed by atoms with E-state index in [2.05, 4.69) is 9.71 Å². The average molecular weight is 376 g/mol. The molecule has 0 bridgehead atoms. The van der Waals surface area contributed by atoms with E-state index in [-0.39, 0.29) is 17.9 Å². The molecular weight excluding hydrogens is 356 g/mol. The molecule has 0 radical (unpaired) electrons. The zero-order valence-electron chi connectivity index (χ0n) is 14.1. The number of pyridine rings is 1. The molecule has 7 nitrogen and oxygen atoms in total. The lowest BCUT2D eigenvalue weighted by Crippen LogP contribution is -2.34. The molecule has 0 spiro atoms. The topological polar surface area (TPSA) is 106 Å². The van der Waals surface area contributed by atoms with E-state index in [1.165, 1.54) is 6.07 Å². The number of rotatable bonds is 7. The smallest absolute Gasteiger partial charge is 0.308 e. The quantitative estimate of drug-likeness (QED) is 0.761. The van der Waals surface area contributed by atoms with Crippen LogP contribution in [0.5, 0.6) is 5.75 Å². The number of hydrogen-bond donors (Lipinski definition) is 2. The fourth-order valence-corrected chi connectivity index (χ4v) is 3.95. The Labute approximate surface area is 152 Å². The van der Waals surface area contributed by atoms with Gasteiger partial charge in [-0.15, -0.1) is 0 Å². The molecule has 0 saturated carbocycles. The molecule has 2 N–H and O–H groups in total. The second-order valence-electron chi connectivity index (χ2n) is 6.13. The van der Waals surface area contributed by atoms with Gasteiger partial charge in [-0.2, -0.15) is 0 Å². The number of aryl methyl sites for hydroxylation is 1. The Hall–Kier alpha value is -2.45. The van der Waals surface area contributed by atoms with Gasteiger partial charge in [0.2, 0.25) is 10.0 Å². The molecule has 0 fully saturated rings. The molecule has 3 rings (SSSR count). The van der Waals surface area contributed by atoms with Gasteiger partial charge in [-0.1, -0.05) is 6.07 Å². The summed E-state index contributed by atoms with van der Waals surface area (Å²) in [6, 6.07) is 9.92. The maximum absolute atomic E-state index is 12.5. The second kappa shape index (κ2) is 7.84. The number of carbonyl (C=O) groups is 1. The SMILES string of the molecule is O=C(O)C(CNS(=O)(=O)c1ccc2c(c1)CCCO2)Cc1ccccn1. The van der Waals surface area contributed by atoms with Crippen LogP contribution >= 0.6 is 0 Å². The Morgan fingerprint density at radius 3 is 2.88 bits per heavy atom. The molecule has 1 aliphatic rings. The maximum atomic E-state index is 12.5. The van der Waals surface area contributed by atoms with E-state index in [0.717, 1.165) is 18.4 Å². The first-order valence-corrected chi connectivity index (χ1v) is 9.82. The van der Waals surface area contributed by atoms with Gasteiger partial charge in [0.1, 0.15) is 5.75 Å². The molecule has 1 aromatic heterocycles. The Kier molecular flexibility index (Phi) is 5.53. The van der Waals surface area contributed by atoms with E-state index < -0.39 is 21.9 Å². The fraction of sp³-hybridized carbons (Fsp3) is 0.333. The van der Waals surface area contributed by atoms with Crippen LogP contribution in [0.3, 0.4) is 0 Å². The largest absolute Gasteiger partial charge is 0.493 e. The van der Waals surface area contributed by atoms with Crippen molar-refractivity contribution in [2.45, 2.75) is 24.2 Å². The van der Waals surface area contributed by atoms with Crippen molar-refractivity contribution in [2.75, 3.05) is 13.2 Å². The van der Waals surface area contributed by atoms with Crippen LogP contribution < -0.4 is 9.46 Å². The number of hydrogen-bond acceptors (Lipinski definition) is 5. The lowest BCUT2D eigenvalue weighted by molar-refractivity contribution is -0.141. The van der Waals surface area contributed by atoms with Crippen LogP contribution in [-0.2, 0) is 27.7 Å². The molecule has 0 aliphatic carbocycles. The fourth-order valence-electron chi connectivity index (χ4n) is 2.82. The van der Waals surface area contributed by atoms with Gasteiger partial charge in [-0.25, -0.2) is 13.1 Å². The maximum Gasteiger partial charge on any atom is 0.308 e. The van der Waals surface area contributed by atoms with Gasteiger partial charge >= 0.3 is 5.97 Å². The van der Waals surface area contributed by atoms with Crippen molar-refractivity contribution >= 4 is 16.0 Å². The highest BCUT2D eigenvalue weighted by Crippen LogP contribution is 2.27. The molecule has 138 valence electrons. The van der Waals surface area contributed by atoms with Crippen molar-refractivity contribution in [1.82, 2.24) is 9.71 Å². The van der Waals surface area contributed by atoms with Crippen LogP contribution in [-0.4, -0.2) is 37.6 Å². The van der Waals surface area contributed by atoms with E-state index in [1.54, 1.807) is 36.5 Å². The Balaban J connectivity index is 1.71. The van der Waals surface area contributed by atoms with Gasteiger partial charge in [0.15, 0.2) is 0 Å². The van der Waals surface area contributed by atoms with Gasteiger partial charge < -0.3 is 9.84 Å². The summed E-state index contributed by atoms with van der Waals surface area (Å²) in [6.07, 6.45) is 3.33. The summed E-state index contributed by atoms with van der Waals surface area (Å²) >= 11 is 0. The average Bonchev–Trinajstić information content (AvgIpc) is 2.65. The van der Waals surface area contributed by atoms with Crippen molar-refractivity contribution in [3.05, 3.63) is 53.9 Å². The molecule has 8 heteroatoms. The van der Waals surface area contributed by atoms with Crippen LogP contribution in [0.15, 0.2) is 47.5 Å². The summed E-state index contributed by atoms with van der Waals surface area (Å²) < 4.78 is 33.0. The minimum Gasteiger partial charge on any atom is -0.493 e. The predicted octanol–water partition coefficient (Wildman–Crippen LogP) is 1.63. The molecule has 1 unspecified atom stereocenters.